The maximum Gasteiger partial charge on any atom is 0.307 e. The summed E-state index contributed by atoms with van der Waals surface area (Å²) < 4.78 is 11.9. The second kappa shape index (κ2) is 17.4. The molecule has 0 spiro atoms. The van der Waals surface area contributed by atoms with Crippen LogP contribution in [-0.4, -0.2) is 65.5 Å². The molecule has 1 N–H and O–H groups in total. The zero-order valence-corrected chi connectivity index (χ0v) is 32.7. The number of halogens is 1. The van der Waals surface area contributed by atoms with E-state index in [0.717, 1.165) is 87.5 Å². The highest BCUT2D eigenvalue weighted by Gasteiger charge is 2.65. The van der Waals surface area contributed by atoms with Crippen molar-refractivity contribution in [3.05, 3.63) is 47.1 Å². The highest BCUT2D eigenvalue weighted by atomic mass is 35.5. The summed E-state index contributed by atoms with van der Waals surface area (Å²) in [5, 5.41) is 5.35. The van der Waals surface area contributed by atoms with Crippen LogP contribution in [0.15, 0.2) is 42.1 Å². The third kappa shape index (κ3) is 8.47. The van der Waals surface area contributed by atoms with E-state index in [4.69, 9.17) is 27.5 Å². The molecule has 7 atom stereocenters. The van der Waals surface area contributed by atoms with Gasteiger partial charge in [-0.1, -0.05) is 36.9 Å². The standard InChI is InChI=1S/C44H58ClN3O5/c1-5-43-22-19-35-34-18-15-33(49)28-31(34)13-16-36(35)38(43)20-23-44(43,6-2)53-42(51)12-8-11-41(50)52-27-26-48(7-3)25-9-10-30(4)47-39-21-24-46-40-29-32(45)14-17-37(39)40/h2,14,17,21,24,28-30,34-36,38H,5,7-13,15-16,18-20,22-23,25-27H2,1,3-4H3,(H,46,47)/t30?,34?,35?,36?,38?,43-,44-/m0/s1. The van der Waals surface area contributed by atoms with Crippen molar-refractivity contribution in [1.29, 1.82) is 0 Å². The van der Waals surface area contributed by atoms with Crippen molar-refractivity contribution in [2.45, 2.75) is 122 Å². The first-order chi connectivity index (χ1) is 25.6. The van der Waals surface area contributed by atoms with Crippen molar-refractivity contribution in [2.75, 3.05) is 31.6 Å². The average molecular weight is 744 g/mol. The number of aromatic nitrogens is 1. The number of allylic oxidation sites excluding steroid dienone is 1. The SMILES string of the molecule is C#C[C@]1(OC(=O)CCCC(=O)OCCN(CC)CCCC(C)Nc2ccnc3cc(Cl)ccc23)CCC2C3CCC4=CC(=O)CCC4C3CC[C@@]21CC. The summed E-state index contributed by atoms with van der Waals surface area (Å²) in [7, 11) is 0. The van der Waals surface area contributed by atoms with Gasteiger partial charge in [-0.3, -0.25) is 19.4 Å². The highest BCUT2D eigenvalue weighted by Crippen LogP contribution is 2.67. The summed E-state index contributed by atoms with van der Waals surface area (Å²) in [6.45, 7) is 9.30. The van der Waals surface area contributed by atoms with Crippen molar-refractivity contribution in [3.63, 3.8) is 0 Å². The molecule has 0 radical (unpaired) electrons. The lowest BCUT2D eigenvalue weighted by Gasteiger charge is -2.56. The summed E-state index contributed by atoms with van der Waals surface area (Å²) >= 11 is 6.14. The number of anilines is 1. The topological polar surface area (TPSA) is 97.8 Å². The molecular weight excluding hydrogens is 686 g/mol. The van der Waals surface area contributed by atoms with Crippen LogP contribution in [-0.2, 0) is 23.9 Å². The summed E-state index contributed by atoms with van der Waals surface area (Å²) in [5.74, 6) is 4.83. The normalized spacial score (nSPS) is 28.3. The van der Waals surface area contributed by atoms with Gasteiger partial charge in [-0.15, -0.1) is 6.42 Å². The lowest BCUT2D eigenvalue weighted by molar-refractivity contribution is -0.173. The van der Waals surface area contributed by atoms with Gasteiger partial charge in [-0.05, 0) is 145 Å². The number of nitrogens with zero attached hydrogens (tertiary/aromatic N) is 2. The number of ketones is 1. The first-order valence-corrected chi connectivity index (χ1v) is 20.6. The zero-order chi connectivity index (χ0) is 37.6. The van der Waals surface area contributed by atoms with Gasteiger partial charge in [0.1, 0.15) is 6.61 Å². The molecule has 53 heavy (non-hydrogen) atoms. The molecule has 1 aromatic carbocycles. The average Bonchev–Trinajstić information content (AvgIpc) is 3.48. The zero-order valence-electron chi connectivity index (χ0n) is 32.0. The number of hydrogen-bond donors (Lipinski definition) is 1. The van der Waals surface area contributed by atoms with Crippen LogP contribution in [0.25, 0.3) is 10.9 Å². The number of pyridine rings is 1. The van der Waals surface area contributed by atoms with Crippen LogP contribution in [0.5, 0.6) is 0 Å². The molecule has 1 heterocycles. The number of fused-ring (bicyclic) bond motifs is 6. The summed E-state index contributed by atoms with van der Waals surface area (Å²) in [6, 6.07) is 8.05. The number of rotatable bonds is 16. The van der Waals surface area contributed by atoms with E-state index in [1.807, 2.05) is 30.3 Å². The number of nitrogens with one attached hydrogen (secondary N) is 1. The van der Waals surface area contributed by atoms with E-state index in [-0.39, 0.29) is 42.0 Å². The molecule has 0 bridgehead atoms. The van der Waals surface area contributed by atoms with E-state index >= 15 is 0 Å². The monoisotopic (exact) mass is 743 g/mol. The molecule has 9 heteroatoms. The maximum atomic E-state index is 13.3. The Labute approximate surface area is 321 Å². The first kappa shape index (κ1) is 39.3. The quantitative estimate of drug-likeness (QED) is 0.135. The van der Waals surface area contributed by atoms with E-state index in [2.05, 4.69) is 41.9 Å². The maximum absolute atomic E-state index is 13.3. The molecule has 0 saturated heterocycles. The number of carbonyl (C=O) groups excluding carboxylic acids is 3. The molecule has 0 amide bonds. The minimum atomic E-state index is -0.896. The Balaban J connectivity index is 0.902. The van der Waals surface area contributed by atoms with Gasteiger partial charge in [0.2, 0.25) is 0 Å². The van der Waals surface area contributed by atoms with Gasteiger partial charge in [0, 0.05) is 59.6 Å². The summed E-state index contributed by atoms with van der Waals surface area (Å²) in [5.41, 5.74) is 2.19. The first-order valence-electron chi connectivity index (χ1n) is 20.2. The van der Waals surface area contributed by atoms with E-state index in [1.165, 1.54) is 5.57 Å². The van der Waals surface area contributed by atoms with E-state index in [1.54, 1.807) is 6.20 Å². The molecule has 286 valence electrons. The van der Waals surface area contributed by atoms with Crippen molar-refractivity contribution in [2.24, 2.45) is 29.1 Å². The Morgan fingerprint density at radius 1 is 1.06 bits per heavy atom. The number of ether oxygens (including phenoxy) is 2. The Morgan fingerprint density at radius 3 is 2.68 bits per heavy atom. The molecule has 3 saturated carbocycles. The molecule has 4 aliphatic carbocycles. The Bertz CT molecular complexity index is 1720. The molecular formula is C44H58ClN3O5. The fourth-order valence-corrected chi connectivity index (χ4v) is 10.9. The van der Waals surface area contributed by atoms with Gasteiger partial charge in [0.25, 0.3) is 0 Å². The number of terminal acetylenes is 1. The fraction of sp³-hybridized carbons (Fsp3) is 0.636. The van der Waals surface area contributed by atoms with Crippen molar-refractivity contribution in [1.82, 2.24) is 9.88 Å². The predicted molar refractivity (Wildman–Crippen MR) is 210 cm³/mol. The Hall–Kier alpha value is -3.41. The van der Waals surface area contributed by atoms with E-state index < -0.39 is 5.60 Å². The molecule has 4 aliphatic rings. The molecule has 2 aromatic rings. The minimum absolute atomic E-state index is 0.148. The second-order valence-corrected chi connectivity index (χ2v) is 16.5. The van der Waals surface area contributed by atoms with Gasteiger partial charge in [-0.2, -0.15) is 0 Å². The number of esters is 2. The minimum Gasteiger partial charge on any atom is -0.464 e. The number of hydrogen-bond acceptors (Lipinski definition) is 8. The van der Waals surface area contributed by atoms with Crippen LogP contribution in [0.2, 0.25) is 5.02 Å². The smallest absolute Gasteiger partial charge is 0.307 e. The lowest BCUT2D eigenvalue weighted by Crippen LogP contribution is -2.55. The third-order valence-corrected chi connectivity index (χ3v) is 13.6. The van der Waals surface area contributed by atoms with Gasteiger partial charge in [0.15, 0.2) is 11.4 Å². The second-order valence-electron chi connectivity index (χ2n) is 16.1. The number of carbonyl (C=O) groups is 3. The van der Waals surface area contributed by atoms with Crippen LogP contribution < -0.4 is 5.32 Å². The van der Waals surface area contributed by atoms with Crippen LogP contribution in [0, 0.1) is 41.4 Å². The Kier molecular flexibility index (Phi) is 12.9. The number of benzene rings is 1. The van der Waals surface area contributed by atoms with Gasteiger partial charge < -0.3 is 19.7 Å². The van der Waals surface area contributed by atoms with Crippen LogP contribution in [0.3, 0.4) is 0 Å². The van der Waals surface area contributed by atoms with Crippen molar-refractivity contribution < 1.29 is 23.9 Å². The van der Waals surface area contributed by atoms with E-state index in [9.17, 15) is 14.4 Å². The van der Waals surface area contributed by atoms with Gasteiger partial charge >= 0.3 is 11.9 Å². The van der Waals surface area contributed by atoms with Crippen molar-refractivity contribution >= 4 is 45.9 Å². The summed E-state index contributed by atoms with van der Waals surface area (Å²) in [4.78, 5) is 44.8. The largest absolute Gasteiger partial charge is 0.464 e. The van der Waals surface area contributed by atoms with Crippen LogP contribution >= 0.6 is 11.6 Å². The molecule has 3 fully saturated rings. The molecule has 1 aromatic heterocycles. The highest BCUT2D eigenvalue weighted by molar-refractivity contribution is 6.31. The molecule has 8 nitrogen and oxygen atoms in total. The van der Waals surface area contributed by atoms with Gasteiger partial charge in [-0.25, -0.2) is 0 Å². The molecule has 5 unspecified atom stereocenters. The van der Waals surface area contributed by atoms with Crippen LogP contribution in [0.1, 0.15) is 111 Å². The van der Waals surface area contributed by atoms with Crippen LogP contribution in [0.4, 0.5) is 5.69 Å². The molecule has 6 rings (SSSR count). The van der Waals surface area contributed by atoms with E-state index in [0.29, 0.717) is 61.1 Å². The predicted octanol–water partition coefficient (Wildman–Crippen LogP) is 8.95. The van der Waals surface area contributed by atoms with Gasteiger partial charge in [0.05, 0.1) is 5.52 Å². The fourth-order valence-electron chi connectivity index (χ4n) is 10.7. The van der Waals surface area contributed by atoms with Crippen molar-refractivity contribution in [3.8, 4) is 12.3 Å². The number of likely N-dealkylation sites (N-methyl/N-ethyl adjacent to an activating group) is 1. The molecule has 0 aliphatic heterocycles. The Morgan fingerprint density at radius 2 is 1.89 bits per heavy atom. The lowest BCUT2D eigenvalue weighted by atomic mass is 9.49. The third-order valence-electron chi connectivity index (χ3n) is 13.4. The summed E-state index contributed by atoms with van der Waals surface area (Å²) in [6.07, 6.45) is 21.1.